The van der Waals surface area contributed by atoms with Gasteiger partial charge in [0.2, 0.25) is 0 Å². The minimum absolute atomic E-state index is 0.258. The average Bonchev–Trinajstić information content (AvgIpc) is 2.40. The van der Waals surface area contributed by atoms with Gasteiger partial charge in [0.1, 0.15) is 5.82 Å². The maximum Gasteiger partial charge on any atom is 0.128 e. The Hall–Kier alpha value is -1.87. The number of aromatic nitrogens is 1. The highest BCUT2D eigenvalue weighted by atomic mass is 14.9. The maximum absolute atomic E-state index is 6.04. The lowest BCUT2D eigenvalue weighted by Crippen LogP contribution is -2.33. The second kappa shape index (κ2) is 5.02. The first-order valence-electron chi connectivity index (χ1n) is 6.82. The van der Waals surface area contributed by atoms with Crippen LogP contribution in [0.4, 0.5) is 5.82 Å². The van der Waals surface area contributed by atoms with Crippen molar-refractivity contribution in [1.82, 2.24) is 10.3 Å². The third kappa shape index (κ3) is 2.10. The molecule has 0 saturated carbocycles. The molecule has 3 N–H and O–H groups in total. The van der Waals surface area contributed by atoms with Crippen molar-refractivity contribution >= 4 is 5.82 Å². The molecule has 0 amide bonds. The smallest absolute Gasteiger partial charge is 0.128 e. The molecule has 3 rings (SSSR count). The fourth-order valence-corrected chi connectivity index (χ4v) is 2.98. The summed E-state index contributed by atoms with van der Waals surface area (Å²) in [6, 6.07) is 12.9. The Labute approximate surface area is 113 Å². The van der Waals surface area contributed by atoms with E-state index in [9.17, 15) is 0 Å². The van der Waals surface area contributed by atoms with Crippen molar-refractivity contribution in [2.45, 2.75) is 25.3 Å². The van der Waals surface area contributed by atoms with Gasteiger partial charge in [0, 0.05) is 23.7 Å². The summed E-state index contributed by atoms with van der Waals surface area (Å²) in [5.74, 6) is 1.14. The number of fused-ring (bicyclic) bond motifs is 1. The van der Waals surface area contributed by atoms with E-state index >= 15 is 0 Å². The summed E-state index contributed by atoms with van der Waals surface area (Å²) < 4.78 is 0. The van der Waals surface area contributed by atoms with Crippen LogP contribution in [0.15, 0.2) is 42.6 Å². The fraction of sp³-hybridized carbons (Fsp3) is 0.312. The van der Waals surface area contributed by atoms with Gasteiger partial charge in [-0.15, -0.1) is 0 Å². The van der Waals surface area contributed by atoms with Crippen molar-refractivity contribution in [2.75, 3.05) is 12.3 Å². The summed E-state index contributed by atoms with van der Waals surface area (Å²) in [5, 5.41) is 3.56. The molecule has 1 heterocycles. The first-order chi connectivity index (χ1) is 9.31. The summed E-state index contributed by atoms with van der Waals surface area (Å²) in [7, 11) is 0. The Bertz CT molecular complexity index is 580. The van der Waals surface area contributed by atoms with E-state index in [-0.39, 0.29) is 6.04 Å². The molecule has 0 aliphatic heterocycles. The topological polar surface area (TPSA) is 50.9 Å². The number of nitrogen functional groups attached to an aromatic ring is 1. The molecule has 2 aromatic rings. The van der Waals surface area contributed by atoms with Gasteiger partial charge in [-0.2, -0.15) is 0 Å². The van der Waals surface area contributed by atoms with Crippen LogP contribution in [0, 0.1) is 0 Å². The first kappa shape index (κ1) is 12.2. The summed E-state index contributed by atoms with van der Waals surface area (Å²) in [4.78, 5) is 4.22. The summed E-state index contributed by atoms with van der Waals surface area (Å²) in [6.07, 6.45) is 2.86. The average molecular weight is 253 g/mol. The molecule has 1 aromatic heterocycles. The van der Waals surface area contributed by atoms with Crippen molar-refractivity contribution in [3.63, 3.8) is 0 Å². The number of nitrogens with two attached hydrogens (primary N) is 1. The molecule has 19 heavy (non-hydrogen) atoms. The quantitative estimate of drug-likeness (QED) is 0.880. The van der Waals surface area contributed by atoms with Crippen molar-refractivity contribution in [3.8, 4) is 0 Å². The Morgan fingerprint density at radius 2 is 2.16 bits per heavy atom. The predicted octanol–water partition coefficient (Wildman–Crippen LogP) is 2.65. The Morgan fingerprint density at radius 1 is 1.32 bits per heavy atom. The summed E-state index contributed by atoms with van der Waals surface area (Å²) in [5.41, 5.74) is 10.0. The minimum atomic E-state index is 0.258. The molecular weight excluding hydrogens is 234 g/mol. The normalized spacial score (nSPS) is 18.5. The van der Waals surface area contributed by atoms with E-state index in [4.69, 9.17) is 5.73 Å². The third-order valence-electron chi connectivity index (χ3n) is 3.93. The maximum atomic E-state index is 6.04. The molecule has 0 radical (unpaired) electrons. The van der Waals surface area contributed by atoms with Crippen LogP contribution in [0.3, 0.4) is 0 Å². The van der Waals surface area contributed by atoms with Crippen LogP contribution in [0.25, 0.3) is 0 Å². The van der Waals surface area contributed by atoms with Gasteiger partial charge in [0.15, 0.2) is 0 Å². The monoisotopic (exact) mass is 253 g/mol. The van der Waals surface area contributed by atoms with Crippen LogP contribution in [0.1, 0.15) is 35.6 Å². The number of benzene rings is 1. The van der Waals surface area contributed by atoms with Gasteiger partial charge in [-0.3, -0.25) is 0 Å². The second-order valence-electron chi connectivity index (χ2n) is 5.02. The van der Waals surface area contributed by atoms with Gasteiger partial charge in [-0.1, -0.05) is 37.3 Å². The van der Waals surface area contributed by atoms with E-state index in [2.05, 4.69) is 47.6 Å². The van der Waals surface area contributed by atoms with Crippen LogP contribution < -0.4 is 11.1 Å². The molecule has 2 unspecified atom stereocenters. The predicted molar refractivity (Wildman–Crippen MR) is 78.0 cm³/mol. The number of rotatable bonds is 4. The van der Waals surface area contributed by atoms with Crippen molar-refractivity contribution in [1.29, 1.82) is 0 Å². The van der Waals surface area contributed by atoms with Gasteiger partial charge in [-0.25, -0.2) is 4.98 Å². The Morgan fingerprint density at radius 3 is 2.89 bits per heavy atom. The first-order valence-corrected chi connectivity index (χ1v) is 6.82. The molecule has 98 valence electrons. The van der Waals surface area contributed by atoms with Crippen LogP contribution in [-0.4, -0.2) is 11.5 Å². The highest BCUT2D eigenvalue weighted by molar-refractivity contribution is 5.48. The van der Waals surface area contributed by atoms with E-state index in [0.717, 1.165) is 18.5 Å². The number of likely N-dealkylation sites (N-methyl/N-ethyl adjacent to an activating group) is 1. The minimum Gasteiger partial charge on any atom is -0.383 e. The SMILES string of the molecule is CCNC(c1cccnc1N)C1Cc2ccccc21. The van der Waals surface area contributed by atoms with Crippen molar-refractivity contribution < 1.29 is 0 Å². The van der Waals surface area contributed by atoms with Gasteiger partial charge in [-0.05, 0) is 30.2 Å². The summed E-state index contributed by atoms with van der Waals surface area (Å²) in [6.45, 7) is 3.06. The molecule has 3 nitrogen and oxygen atoms in total. The third-order valence-corrected chi connectivity index (χ3v) is 3.93. The number of nitrogens with zero attached hydrogens (tertiary/aromatic N) is 1. The molecule has 3 heteroatoms. The fourth-order valence-electron chi connectivity index (χ4n) is 2.98. The highest BCUT2D eigenvalue weighted by Crippen LogP contribution is 2.44. The lowest BCUT2D eigenvalue weighted by atomic mass is 9.71. The van der Waals surface area contributed by atoms with Crippen LogP contribution in [0.5, 0.6) is 0 Å². The second-order valence-corrected chi connectivity index (χ2v) is 5.02. The molecule has 0 bridgehead atoms. The number of anilines is 1. The molecule has 2 atom stereocenters. The Balaban J connectivity index is 1.94. The van der Waals surface area contributed by atoms with Gasteiger partial charge < -0.3 is 11.1 Å². The van der Waals surface area contributed by atoms with Crippen LogP contribution >= 0.6 is 0 Å². The molecule has 0 fully saturated rings. The lowest BCUT2D eigenvalue weighted by Gasteiger charge is -2.37. The zero-order valence-electron chi connectivity index (χ0n) is 11.1. The van der Waals surface area contributed by atoms with Crippen LogP contribution in [-0.2, 0) is 6.42 Å². The lowest BCUT2D eigenvalue weighted by molar-refractivity contribution is 0.420. The number of nitrogens with one attached hydrogen (secondary N) is 1. The number of pyridine rings is 1. The highest BCUT2D eigenvalue weighted by Gasteiger charge is 2.34. The van der Waals surface area contributed by atoms with Gasteiger partial charge in [0.25, 0.3) is 0 Å². The molecule has 1 aromatic carbocycles. The molecular formula is C16H19N3. The number of hydrogen-bond acceptors (Lipinski definition) is 3. The molecule has 1 aliphatic carbocycles. The van der Waals surface area contributed by atoms with Gasteiger partial charge >= 0.3 is 0 Å². The van der Waals surface area contributed by atoms with Crippen molar-refractivity contribution in [3.05, 3.63) is 59.3 Å². The van der Waals surface area contributed by atoms with E-state index in [1.54, 1.807) is 6.20 Å². The zero-order valence-corrected chi connectivity index (χ0v) is 11.1. The zero-order chi connectivity index (χ0) is 13.2. The largest absolute Gasteiger partial charge is 0.383 e. The van der Waals surface area contributed by atoms with Gasteiger partial charge in [0.05, 0.1) is 0 Å². The van der Waals surface area contributed by atoms with Crippen LogP contribution in [0.2, 0.25) is 0 Å². The Kier molecular flexibility index (Phi) is 3.22. The molecule has 0 spiro atoms. The van der Waals surface area contributed by atoms with E-state index < -0.39 is 0 Å². The van der Waals surface area contributed by atoms with E-state index in [1.165, 1.54) is 11.1 Å². The number of hydrogen-bond donors (Lipinski definition) is 2. The van der Waals surface area contributed by atoms with E-state index in [0.29, 0.717) is 11.7 Å². The molecule has 0 saturated heterocycles. The molecule has 1 aliphatic rings. The van der Waals surface area contributed by atoms with E-state index in [1.807, 2.05) is 6.07 Å². The summed E-state index contributed by atoms with van der Waals surface area (Å²) >= 11 is 0. The standard InChI is InChI=1S/C16H19N3/c1-2-18-15(13-8-5-9-19-16(13)17)14-10-11-6-3-4-7-12(11)14/h3-9,14-15,18H,2,10H2,1H3,(H2,17,19). The van der Waals surface area contributed by atoms with Crippen molar-refractivity contribution in [2.24, 2.45) is 0 Å².